The zero-order chi connectivity index (χ0) is 17.1. The molecule has 0 fully saturated rings. The molecule has 3 N–H and O–H groups in total. The molecule has 4 rings (SSSR count). The Labute approximate surface area is 148 Å². The van der Waals surface area contributed by atoms with E-state index in [1.165, 1.54) is 16.2 Å². The van der Waals surface area contributed by atoms with Crippen LogP contribution in [0.5, 0.6) is 0 Å². The number of carbonyl (C=O) groups is 1. The summed E-state index contributed by atoms with van der Waals surface area (Å²) in [4.78, 5) is 19.4. The molecule has 126 valence electrons. The largest absolute Gasteiger partial charge is 0.369 e. The number of aromatic amines is 1. The molecule has 1 amide bonds. The van der Waals surface area contributed by atoms with Gasteiger partial charge in [-0.1, -0.05) is 12.1 Å². The first-order valence-electron chi connectivity index (χ1n) is 8.11. The van der Waals surface area contributed by atoms with Crippen molar-refractivity contribution < 1.29 is 4.79 Å². The highest BCUT2D eigenvalue weighted by Crippen LogP contribution is 2.25. The van der Waals surface area contributed by atoms with Crippen molar-refractivity contribution in [1.29, 1.82) is 0 Å². The SMILES string of the molecule is O=C(NCCCNc1nsc2ccccc12)c1ccc2[nH]cnc2c1. The quantitative estimate of drug-likeness (QED) is 0.465. The Hall–Kier alpha value is -2.93. The number of nitrogens with zero attached hydrogens (tertiary/aromatic N) is 2. The summed E-state index contributed by atoms with van der Waals surface area (Å²) in [6.45, 7) is 1.36. The van der Waals surface area contributed by atoms with E-state index in [4.69, 9.17) is 0 Å². The lowest BCUT2D eigenvalue weighted by Gasteiger charge is -2.06. The highest BCUT2D eigenvalue weighted by atomic mass is 32.1. The minimum absolute atomic E-state index is 0.0796. The number of H-pyrrole nitrogens is 1. The molecule has 7 heteroatoms. The molecule has 0 atom stereocenters. The summed E-state index contributed by atoms with van der Waals surface area (Å²) in [7, 11) is 0. The normalized spacial score (nSPS) is 11.0. The number of imidazole rings is 1. The van der Waals surface area contributed by atoms with Crippen LogP contribution in [0.1, 0.15) is 16.8 Å². The van der Waals surface area contributed by atoms with E-state index in [1.54, 1.807) is 18.5 Å². The lowest BCUT2D eigenvalue weighted by molar-refractivity contribution is 0.0953. The minimum atomic E-state index is -0.0796. The van der Waals surface area contributed by atoms with Crippen LogP contribution < -0.4 is 10.6 Å². The lowest BCUT2D eigenvalue weighted by Crippen LogP contribution is -2.25. The van der Waals surface area contributed by atoms with Gasteiger partial charge in [-0.15, -0.1) is 0 Å². The molecule has 6 nitrogen and oxygen atoms in total. The third kappa shape index (κ3) is 3.32. The average molecular weight is 351 g/mol. The summed E-state index contributed by atoms with van der Waals surface area (Å²) in [5, 5.41) is 7.42. The third-order valence-electron chi connectivity index (χ3n) is 3.99. The molecule has 0 bridgehead atoms. The van der Waals surface area contributed by atoms with Crippen LogP contribution in [-0.2, 0) is 0 Å². The van der Waals surface area contributed by atoms with Crippen LogP contribution in [0.2, 0.25) is 0 Å². The molecule has 0 saturated heterocycles. The first kappa shape index (κ1) is 15.6. The minimum Gasteiger partial charge on any atom is -0.369 e. The second kappa shape index (κ2) is 6.90. The highest BCUT2D eigenvalue weighted by molar-refractivity contribution is 7.13. The van der Waals surface area contributed by atoms with E-state index in [1.807, 2.05) is 18.2 Å². The van der Waals surface area contributed by atoms with Crippen molar-refractivity contribution in [1.82, 2.24) is 19.7 Å². The van der Waals surface area contributed by atoms with Crippen molar-refractivity contribution >= 4 is 44.4 Å². The number of anilines is 1. The molecule has 2 heterocycles. The molecule has 0 radical (unpaired) electrons. The van der Waals surface area contributed by atoms with Crippen LogP contribution in [0.25, 0.3) is 21.1 Å². The molecule has 25 heavy (non-hydrogen) atoms. The Bertz CT molecular complexity index is 1020. The summed E-state index contributed by atoms with van der Waals surface area (Å²) in [5.41, 5.74) is 2.35. The maximum atomic E-state index is 12.2. The van der Waals surface area contributed by atoms with Crippen LogP contribution in [0.3, 0.4) is 0 Å². The second-order valence-corrected chi connectivity index (χ2v) is 6.50. The number of rotatable bonds is 6. The Morgan fingerprint density at radius 1 is 1.16 bits per heavy atom. The maximum Gasteiger partial charge on any atom is 0.251 e. The number of hydrogen-bond acceptors (Lipinski definition) is 5. The smallest absolute Gasteiger partial charge is 0.251 e. The Morgan fingerprint density at radius 2 is 2.08 bits per heavy atom. The van der Waals surface area contributed by atoms with Crippen molar-refractivity contribution in [2.24, 2.45) is 0 Å². The monoisotopic (exact) mass is 351 g/mol. The van der Waals surface area contributed by atoms with Crippen LogP contribution in [0, 0.1) is 0 Å². The van der Waals surface area contributed by atoms with Crippen LogP contribution >= 0.6 is 11.5 Å². The van der Waals surface area contributed by atoms with E-state index in [9.17, 15) is 4.79 Å². The van der Waals surface area contributed by atoms with Crippen LogP contribution in [0.4, 0.5) is 5.82 Å². The fourth-order valence-electron chi connectivity index (χ4n) is 2.69. The van der Waals surface area contributed by atoms with Gasteiger partial charge in [0.2, 0.25) is 0 Å². The zero-order valence-electron chi connectivity index (χ0n) is 13.5. The number of fused-ring (bicyclic) bond motifs is 2. The van der Waals surface area contributed by atoms with Gasteiger partial charge in [0.15, 0.2) is 0 Å². The van der Waals surface area contributed by atoms with Crippen molar-refractivity contribution in [2.75, 3.05) is 18.4 Å². The maximum absolute atomic E-state index is 12.2. The predicted molar refractivity (Wildman–Crippen MR) is 101 cm³/mol. The van der Waals surface area contributed by atoms with Crippen molar-refractivity contribution in [3.8, 4) is 0 Å². The van der Waals surface area contributed by atoms with Gasteiger partial charge in [-0.2, -0.15) is 4.37 Å². The second-order valence-electron chi connectivity index (χ2n) is 5.70. The Morgan fingerprint density at radius 3 is 3.04 bits per heavy atom. The molecular formula is C18H17N5OS. The topological polar surface area (TPSA) is 82.7 Å². The number of amides is 1. The van der Waals surface area contributed by atoms with Crippen LogP contribution in [-0.4, -0.2) is 33.3 Å². The summed E-state index contributed by atoms with van der Waals surface area (Å²) in [6, 6.07) is 13.6. The molecule has 0 aliphatic carbocycles. The molecule has 0 saturated carbocycles. The van der Waals surface area contributed by atoms with E-state index in [0.717, 1.165) is 35.2 Å². The average Bonchev–Trinajstić information content (AvgIpc) is 3.27. The molecule has 2 aromatic heterocycles. The van der Waals surface area contributed by atoms with Gasteiger partial charge in [0.1, 0.15) is 5.82 Å². The van der Waals surface area contributed by atoms with Gasteiger partial charge in [0.05, 0.1) is 22.1 Å². The molecule has 0 aliphatic rings. The van der Waals surface area contributed by atoms with Gasteiger partial charge in [-0.3, -0.25) is 4.79 Å². The van der Waals surface area contributed by atoms with E-state index in [-0.39, 0.29) is 5.91 Å². The third-order valence-corrected chi connectivity index (χ3v) is 4.82. The molecular weight excluding hydrogens is 334 g/mol. The Balaban J connectivity index is 1.27. The predicted octanol–water partition coefficient (Wildman–Crippen LogP) is 3.40. The van der Waals surface area contributed by atoms with Gasteiger partial charge in [-0.05, 0) is 48.3 Å². The van der Waals surface area contributed by atoms with Crippen molar-refractivity contribution in [2.45, 2.75) is 6.42 Å². The standard InChI is InChI=1S/C18H17N5OS/c24-18(12-6-7-14-15(10-12)22-11-21-14)20-9-3-8-19-17-13-4-1-2-5-16(13)25-23-17/h1-2,4-7,10-11H,3,8-9H2,(H,19,23)(H,20,24)(H,21,22). The first-order valence-corrected chi connectivity index (χ1v) is 8.88. The van der Waals surface area contributed by atoms with E-state index >= 15 is 0 Å². The fraction of sp³-hybridized carbons (Fsp3) is 0.167. The number of aromatic nitrogens is 3. The van der Waals surface area contributed by atoms with E-state index < -0.39 is 0 Å². The molecule has 0 aliphatic heterocycles. The fourth-order valence-corrected chi connectivity index (χ4v) is 3.44. The van der Waals surface area contributed by atoms with Crippen molar-refractivity contribution in [3.05, 3.63) is 54.4 Å². The number of nitrogens with one attached hydrogen (secondary N) is 3. The molecule has 4 aromatic rings. The summed E-state index contributed by atoms with van der Waals surface area (Å²) < 4.78 is 5.61. The number of hydrogen-bond donors (Lipinski definition) is 3. The number of benzene rings is 2. The van der Waals surface area contributed by atoms with Gasteiger partial charge in [0, 0.05) is 24.0 Å². The number of carbonyl (C=O) groups excluding carboxylic acids is 1. The van der Waals surface area contributed by atoms with Gasteiger partial charge in [-0.25, -0.2) is 4.98 Å². The summed E-state index contributed by atoms with van der Waals surface area (Å²) in [6.07, 6.45) is 2.45. The van der Waals surface area contributed by atoms with E-state index in [2.05, 4.69) is 37.1 Å². The van der Waals surface area contributed by atoms with Gasteiger partial charge in [0.25, 0.3) is 5.91 Å². The summed E-state index contributed by atoms with van der Waals surface area (Å²) in [5.74, 6) is 0.833. The Kier molecular flexibility index (Phi) is 4.30. The summed E-state index contributed by atoms with van der Waals surface area (Å²) >= 11 is 1.49. The van der Waals surface area contributed by atoms with Crippen molar-refractivity contribution in [3.63, 3.8) is 0 Å². The van der Waals surface area contributed by atoms with Gasteiger partial charge >= 0.3 is 0 Å². The molecule has 0 spiro atoms. The molecule has 2 aromatic carbocycles. The lowest BCUT2D eigenvalue weighted by atomic mass is 10.2. The van der Waals surface area contributed by atoms with Gasteiger partial charge < -0.3 is 15.6 Å². The first-order chi connectivity index (χ1) is 12.3. The van der Waals surface area contributed by atoms with Crippen LogP contribution in [0.15, 0.2) is 48.8 Å². The molecule has 0 unspecified atom stereocenters. The van der Waals surface area contributed by atoms with E-state index in [0.29, 0.717) is 12.1 Å². The highest BCUT2D eigenvalue weighted by Gasteiger charge is 2.07. The zero-order valence-corrected chi connectivity index (χ0v) is 14.3.